The second-order valence-electron chi connectivity index (χ2n) is 7.47. The number of amides is 2. The third-order valence-corrected chi connectivity index (χ3v) is 5.29. The summed E-state index contributed by atoms with van der Waals surface area (Å²) in [4.78, 5) is 28.7. The van der Waals surface area contributed by atoms with Crippen molar-refractivity contribution in [1.29, 1.82) is 0 Å². The van der Waals surface area contributed by atoms with E-state index in [9.17, 15) is 9.59 Å². The Hall–Kier alpha value is -2.90. The summed E-state index contributed by atoms with van der Waals surface area (Å²) in [7, 11) is 1.61. The van der Waals surface area contributed by atoms with E-state index in [1.807, 2.05) is 17.0 Å². The quantitative estimate of drug-likeness (QED) is 0.599. The highest BCUT2D eigenvalue weighted by Gasteiger charge is 2.33. The van der Waals surface area contributed by atoms with Gasteiger partial charge in [0.05, 0.1) is 7.11 Å². The molecule has 7 nitrogen and oxygen atoms in total. The van der Waals surface area contributed by atoms with Gasteiger partial charge in [0, 0.05) is 42.8 Å². The van der Waals surface area contributed by atoms with E-state index in [0.717, 1.165) is 30.9 Å². The molecule has 29 heavy (non-hydrogen) atoms. The van der Waals surface area contributed by atoms with E-state index in [1.165, 1.54) is 0 Å². The molecular formula is C22H27N3O4. The van der Waals surface area contributed by atoms with Gasteiger partial charge in [0.15, 0.2) is 0 Å². The van der Waals surface area contributed by atoms with Gasteiger partial charge in [-0.2, -0.15) is 0 Å². The third-order valence-electron chi connectivity index (χ3n) is 5.29. The molecule has 154 valence electrons. The average Bonchev–Trinajstić information content (AvgIpc) is 2.73. The molecule has 0 bridgehead atoms. The minimum absolute atomic E-state index is 0.0340. The van der Waals surface area contributed by atoms with Gasteiger partial charge in [-0.1, -0.05) is 12.1 Å². The van der Waals surface area contributed by atoms with Crippen molar-refractivity contribution >= 4 is 11.8 Å². The second-order valence-corrected chi connectivity index (χ2v) is 7.47. The Bertz CT molecular complexity index is 839. The summed E-state index contributed by atoms with van der Waals surface area (Å²) in [6, 6.07) is 14.5. The van der Waals surface area contributed by atoms with Crippen LogP contribution in [0.1, 0.15) is 40.1 Å². The summed E-state index contributed by atoms with van der Waals surface area (Å²) >= 11 is 0. The van der Waals surface area contributed by atoms with Gasteiger partial charge in [0.25, 0.3) is 11.8 Å². The van der Waals surface area contributed by atoms with Crippen molar-refractivity contribution < 1.29 is 19.5 Å². The van der Waals surface area contributed by atoms with E-state index < -0.39 is 5.91 Å². The van der Waals surface area contributed by atoms with Crippen LogP contribution in [0.15, 0.2) is 48.5 Å². The monoisotopic (exact) mass is 397 g/mol. The van der Waals surface area contributed by atoms with Crippen LogP contribution in [0.25, 0.3) is 0 Å². The first kappa shape index (κ1) is 20.8. The summed E-state index contributed by atoms with van der Waals surface area (Å²) in [5.74, 6) is 0.242. The molecule has 3 rings (SSSR count). The van der Waals surface area contributed by atoms with Gasteiger partial charge in [-0.05, 0) is 55.8 Å². The lowest BCUT2D eigenvalue weighted by atomic mass is 10.0. The number of nitrogens with one attached hydrogen (secondary N) is 1. The maximum absolute atomic E-state index is 13.0. The Kier molecular flexibility index (Phi) is 6.51. The number of piperazine rings is 1. The van der Waals surface area contributed by atoms with Crippen LogP contribution in [0.4, 0.5) is 0 Å². The Labute approximate surface area is 170 Å². The van der Waals surface area contributed by atoms with Crippen LogP contribution in [0.2, 0.25) is 0 Å². The predicted molar refractivity (Wildman–Crippen MR) is 109 cm³/mol. The first-order chi connectivity index (χ1) is 13.9. The molecule has 0 spiro atoms. The fourth-order valence-corrected chi connectivity index (χ4v) is 3.93. The van der Waals surface area contributed by atoms with Crippen LogP contribution in [0.3, 0.4) is 0 Å². The van der Waals surface area contributed by atoms with E-state index in [4.69, 9.17) is 9.94 Å². The summed E-state index contributed by atoms with van der Waals surface area (Å²) < 4.78 is 5.17. The Morgan fingerprint density at radius 2 is 1.55 bits per heavy atom. The zero-order chi connectivity index (χ0) is 21.0. The molecule has 1 saturated heterocycles. The molecular weight excluding hydrogens is 370 g/mol. The maximum Gasteiger partial charge on any atom is 0.274 e. The van der Waals surface area contributed by atoms with E-state index >= 15 is 0 Å². The van der Waals surface area contributed by atoms with E-state index in [2.05, 4.69) is 18.7 Å². The van der Waals surface area contributed by atoms with Gasteiger partial charge in [-0.3, -0.25) is 19.7 Å². The number of ether oxygens (including phenoxy) is 1. The first-order valence-corrected chi connectivity index (χ1v) is 9.65. The summed E-state index contributed by atoms with van der Waals surface area (Å²) in [5, 5.41) is 8.71. The van der Waals surface area contributed by atoms with Crippen molar-refractivity contribution in [1.82, 2.24) is 15.3 Å². The normalized spacial score (nSPS) is 19.7. The Morgan fingerprint density at radius 1 is 1.00 bits per heavy atom. The molecule has 1 aliphatic rings. The van der Waals surface area contributed by atoms with Crippen LogP contribution < -0.4 is 10.2 Å². The second kappa shape index (κ2) is 9.07. The summed E-state index contributed by atoms with van der Waals surface area (Å²) in [6.45, 7) is 6.41. The Morgan fingerprint density at radius 3 is 2.07 bits per heavy atom. The van der Waals surface area contributed by atoms with Crippen molar-refractivity contribution in [2.75, 3.05) is 20.2 Å². The lowest BCUT2D eigenvalue weighted by Crippen LogP contribution is -2.58. The number of rotatable bonds is 5. The molecule has 1 aliphatic heterocycles. The van der Waals surface area contributed by atoms with E-state index in [-0.39, 0.29) is 18.0 Å². The number of hydroxylamine groups is 1. The molecule has 2 atom stereocenters. The van der Waals surface area contributed by atoms with Gasteiger partial charge in [0.1, 0.15) is 5.75 Å². The number of carbonyl (C=O) groups excluding carboxylic acids is 2. The molecule has 0 aliphatic carbocycles. The highest BCUT2D eigenvalue weighted by atomic mass is 16.5. The van der Waals surface area contributed by atoms with Gasteiger partial charge in [-0.25, -0.2) is 5.48 Å². The number of carbonyl (C=O) groups is 2. The first-order valence-electron chi connectivity index (χ1n) is 9.65. The zero-order valence-corrected chi connectivity index (χ0v) is 17.0. The number of hydrogen-bond donors (Lipinski definition) is 2. The van der Waals surface area contributed by atoms with Gasteiger partial charge < -0.3 is 9.64 Å². The third kappa shape index (κ3) is 4.75. The molecule has 0 aromatic heterocycles. The molecule has 1 heterocycles. The molecule has 0 saturated carbocycles. The molecule has 2 N–H and O–H groups in total. The minimum atomic E-state index is -0.524. The van der Waals surface area contributed by atoms with E-state index in [0.29, 0.717) is 11.1 Å². The topological polar surface area (TPSA) is 82.1 Å². The Balaban J connectivity index is 1.64. The van der Waals surface area contributed by atoms with Crippen LogP contribution in [0.5, 0.6) is 5.75 Å². The molecule has 2 aromatic carbocycles. The van der Waals surface area contributed by atoms with Gasteiger partial charge >= 0.3 is 0 Å². The van der Waals surface area contributed by atoms with Crippen LogP contribution in [0, 0.1) is 0 Å². The fourth-order valence-electron chi connectivity index (χ4n) is 3.93. The largest absolute Gasteiger partial charge is 0.497 e. The van der Waals surface area contributed by atoms with Crippen LogP contribution in [-0.4, -0.2) is 59.1 Å². The van der Waals surface area contributed by atoms with Crippen LogP contribution >= 0.6 is 0 Å². The lowest BCUT2D eigenvalue weighted by Gasteiger charge is -2.44. The molecule has 0 radical (unpaired) electrons. The fraction of sp³-hybridized carbons (Fsp3) is 0.364. The number of benzene rings is 2. The van der Waals surface area contributed by atoms with Crippen molar-refractivity contribution in [2.24, 2.45) is 0 Å². The summed E-state index contributed by atoms with van der Waals surface area (Å²) in [6.07, 6.45) is 0. The molecule has 2 amide bonds. The highest BCUT2D eigenvalue weighted by Crippen LogP contribution is 2.22. The molecule has 7 heteroatoms. The zero-order valence-electron chi connectivity index (χ0n) is 17.0. The van der Waals surface area contributed by atoms with E-state index in [1.54, 1.807) is 49.0 Å². The number of hydrogen-bond acceptors (Lipinski definition) is 5. The van der Waals surface area contributed by atoms with Crippen molar-refractivity contribution in [2.45, 2.75) is 32.5 Å². The minimum Gasteiger partial charge on any atom is -0.497 e. The SMILES string of the molecule is COc1ccc(C(=O)N2[C@H](C)CN(Cc3ccc(C(=O)NO)cc3)C[C@@H]2C)cc1. The van der Waals surface area contributed by atoms with Gasteiger partial charge in [-0.15, -0.1) is 0 Å². The number of methoxy groups -OCH3 is 1. The van der Waals surface area contributed by atoms with Crippen molar-refractivity contribution in [3.05, 3.63) is 65.2 Å². The summed E-state index contributed by atoms with van der Waals surface area (Å²) in [5.41, 5.74) is 3.79. The molecule has 2 aromatic rings. The number of nitrogens with zero attached hydrogens (tertiary/aromatic N) is 2. The standard InChI is InChI=1S/C22H27N3O4/c1-15-12-24(14-17-4-6-18(7-5-17)21(26)23-28)13-16(2)25(15)22(27)19-8-10-20(29-3)11-9-19/h4-11,15-16,28H,12-14H2,1-3H3,(H,23,26)/t15-,16+. The molecule has 1 fully saturated rings. The highest BCUT2D eigenvalue weighted by molar-refractivity contribution is 5.95. The molecule has 0 unspecified atom stereocenters. The maximum atomic E-state index is 13.0. The van der Waals surface area contributed by atoms with Crippen molar-refractivity contribution in [3.63, 3.8) is 0 Å². The van der Waals surface area contributed by atoms with Gasteiger partial charge in [0.2, 0.25) is 0 Å². The predicted octanol–water partition coefficient (Wildman–Crippen LogP) is 2.55. The van der Waals surface area contributed by atoms with Crippen LogP contribution in [-0.2, 0) is 6.54 Å². The smallest absolute Gasteiger partial charge is 0.274 e. The average molecular weight is 397 g/mol. The lowest BCUT2D eigenvalue weighted by molar-refractivity contribution is 0.0268. The van der Waals surface area contributed by atoms with Crippen molar-refractivity contribution in [3.8, 4) is 5.75 Å².